The van der Waals surface area contributed by atoms with E-state index in [1.165, 1.54) is 0 Å². The predicted octanol–water partition coefficient (Wildman–Crippen LogP) is 4.37. The second-order valence-electron chi connectivity index (χ2n) is 7.52. The van der Waals surface area contributed by atoms with E-state index in [2.05, 4.69) is 15.2 Å². The molecule has 0 fully saturated rings. The number of benzene rings is 2. The summed E-state index contributed by atoms with van der Waals surface area (Å²) in [7, 11) is 0. The smallest absolute Gasteiger partial charge is 0.407 e. The van der Waals surface area contributed by atoms with Gasteiger partial charge in [-0.3, -0.25) is 14.9 Å². The van der Waals surface area contributed by atoms with Gasteiger partial charge in [-0.1, -0.05) is 29.8 Å². The summed E-state index contributed by atoms with van der Waals surface area (Å²) in [6.45, 7) is -0.00914. The molecule has 2 aromatic carbocycles. The quantitative estimate of drug-likeness (QED) is 0.488. The number of hydrogen-bond acceptors (Lipinski definition) is 4. The monoisotopic (exact) mass is 444 g/mol. The summed E-state index contributed by atoms with van der Waals surface area (Å²) >= 11 is 6.00. The average molecular weight is 445 g/mol. The fourth-order valence-corrected chi connectivity index (χ4v) is 4.14. The van der Waals surface area contributed by atoms with Crippen LogP contribution in [0.25, 0.3) is 22.4 Å². The normalized spacial score (nSPS) is 16.3. The van der Waals surface area contributed by atoms with Crippen molar-refractivity contribution in [2.45, 2.75) is 18.9 Å². The van der Waals surface area contributed by atoms with Crippen LogP contribution in [0.5, 0.6) is 0 Å². The Balaban J connectivity index is 1.74. The van der Waals surface area contributed by atoms with Gasteiger partial charge in [0.05, 0.1) is 18.1 Å². The molecule has 7 nitrogen and oxygen atoms in total. The number of hydrogen-bond donors (Lipinski definition) is 2. The van der Waals surface area contributed by atoms with Crippen molar-refractivity contribution in [3.63, 3.8) is 0 Å². The second-order valence-corrected chi connectivity index (χ2v) is 7.95. The Bertz CT molecular complexity index is 1370. The number of halogens is 3. The molecular weight excluding hydrogens is 430 g/mol. The highest BCUT2D eigenvalue weighted by molar-refractivity contribution is 6.30. The first kappa shape index (κ1) is 19.5. The van der Waals surface area contributed by atoms with Crippen LogP contribution in [0.4, 0.5) is 8.78 Å². The molecule has 1 amide bonds. The van der Waals surface area contributed by atoms with Gasteiger partial charge in [0, 0.05) is 23.1 Å². The molecule has 0 spiro atoms. The highest BCUT2D eigenvalue weighted by Gasteiger charge is 2.45. The van der Waals surface area contributed by atoms with E-state index in [1.54, 1.807) is 42.5 Å². The minimum Gasteiger partial charge on any atom is -0.407 e. The minimum absolute atomic E-state index is 0.120. The number of alkyl halides is 2. The van der Waals surface area contributed by atoms with Crippen molar-refractivity contribution >= 4 is 28.6 Å². The lowest BCUT2D eigenvalue weighted by molar-refractivity contribution is -0.0147. The molecule has 3 heterocycles. The molecule has 158 valence electrons. The van der Waals surface area contributed by atoms with Crippen molar-refractivity contribution in [2.75, 3.05) is 6.54 Å². The maximum atomic E-state index is 14.0. The molecule has 0 bridgehead atoms. The van der Waals surface area contributed by atoms with Gasteiger partial charge >= 0.3 is 5.76 Å². The van der Waals surface area contributed by atoms with E-state index in [-0.39, 0.29) is 11.3 Å². The van der Waals surface area contributed by atoms with Gasteiger partial charge in [0.1, 0.15) is 11.4 Å². The molecule has 4 aromatic rings. The van der Waals surface area contributed by atoms with E-state index in [9.17, 15) is 18.4 Å². The zero-order chi connectivity index (χ0) is 21.9. The molecule has 2 N–H and O–H groups in total. The highest BCUT2D eigenvalue weighted by atomic mass is 35.5. The Hall–Kier alpha value is -3.46. The zero-order valence-electron chi connectivity index (χ0n) is 16.1. The zero-order valence-corrected chi connectivity index (χ0v) is 16.8. The van der Waals surface area contributed by atoms with Gasteiger partial charge in [-0.2, -0.15) is 5.10 Å². The van der Waals surface area contributed by atoms with Crippen LogP contribution in [0.1, 0.15) is 34.6 Å². The Labute approximate surface area is 178 Å². The number of aromatic nitrogens is 3. The summed E-state index contributed by atoms with van der Waals surface area (Å²) in [6, 6.07) is 10.9. The number of fused-ring (bicyclic) bond motifs is 2. The fraction of sp³-hybridized carbons (Fsp3) is 0.190. The van der Waals surface area contributed by atoms with Crippen molar-refractivity contribution in [3.8, 4) is 11.3 Å². The van der Waals surface area contributed by atoms with Gasteiger partial charge in [0.2, 0.25) is 0 Å². The van der Waals surface area contributed by atoms with E-state index in [4.69, 9.17) is 16.0 Å². The van der Waals surface area contributed by atoms with Crippen LogP contribution in [0.15, 0.2) is 51.7 Å². The summed E-state index contributed by atoms with van der Waals surface area (Å²) in [5.41, 5.74) is 2.70. The SMILES string of the molecule is CC(F)(F)CN1C(=O)c2[nH]nc(-c3cccc4[nH]c(=O)oc34)c2C1c1ccc(Cl)cc1. The van der Waals surface area contributed by atoms with Gasteiger partial charge in [0.15, 0.2) is 5.58 Å². The Morgan fingerprint density at radius 3 is 2.65 bits per heavy atom. The van der Waals surface area contributed by atoms with Gasteiger partial charge in [-0.25, -0.2) is 13.6 Å². The number of oxazole rings is 1. The lowest BCUT2D eigenvalue weighted by Gasteiger charge is -2.28. The lowest BCUT2D eigenvalue weighted by Crippen LogP contribution is -2.38. The molecule has 5 rings (SSSR count). The number of rotatable bonds is 4. The van der Waals surface area contributed by atoms with E-state index in [0.717, 1.165) is 11.8 Å². The first-order valence-corrected chi connectivity index (χ1v) is 9.75. The second kappa shape index (κ2) is 6.78. The summed E-state index contributed by atoms with van der Waals surface area (Å²) < 4.78 is 33.2. The molecule has 0 aliphatic carbocycles. The third-order valence-electron chi connectivity index (χ3n) is 5.20. The first-order valence-electron chi connectivity index (χ1n) is 9.37. The Morgan fingerprint density at radius 1 is 1.19 bits per heavy atom. The Morgan fingerprint density at radius 2 is 1.94 bits per heavy atom. The van der Waals surface area contributed by atoms with Crippen molar-refractivity contribution in [3.05, 3.63) is 74.9 Å². The van der Waals surface area contributed by atoms with Crippen molar-refractivity contribution in [1.29, 1.82) is 0 Å². The predicted molar refractivity (Wildman–Crippen MR) is 109 cm³/mol. The molecule has 0 saturated heterocycles. The lowest BCUT2D eigenvalue weighted by atomic mass is 9.95. The third kappa shape index (κ3) is 3.21. The fourth-order valence-electron chi connectivity index (χ4n) is 4.02. The molecule has 1 aliphatic rings. The third-order valence-corrected chi connectivity index (χ3v) is 5.45. The highest BCUT2D eigenvalue weighted by Crippen LogP contribution is 2.44. The molecule has 1 unspecified atom stereocenters. The number of H-pyrrole nitrogens is 2. The number of aromatic amines is 2. The van der Waals surface area contributed by atoms with Crippen LogP contribution < -0.4 is 5.76 Å². The Kier molecular flexibility index (Phi) is 4.26. The van der Waals surface area contributed by atoms with Crippen LogP contribution in [0.3, 0.4) is 0 Å². The van der Waals surface area contributed by atoms with E-state index in [0.29, 0.717) is 32.9 Å². The van der Waals surface area contributed by atoms with E-state index < -0.39 is 30.2 Å². The molecular formula is C21H15ClF2N4O3. The number of nitrogens with zero attached hydrogens (tertiary/aromatic N) is 2. The van der Waals surface area contributed by atoms with Crippen molar-refractivity contribution in [2.24, 2.45) is 0 Å². The number of para-hydroxylation sites is 1. The first-order chi connectivity index (χ1) is 14.7. The largest absolute Gasteiger partial charge is 0.417 e. The van der Waals surface area contributed by atoms with E-state index in [1.807, 2.05) is 0 Å². The van der Waals surface area contributed by atoms with Crippen LogP contribution in [-0.4, -0.2) is 38.5 Å². The maximum Gasteiger partial charge on any atom is 0.417 e. The molecule has 1 aliphatic heterocycles. The molecule has 10 heteroatoms. The maximum absolute atomic E-state index is 14.0. The summed E-state index contributed by atoms with van der Waals surface area (Å²) in [5, 5.41) is 7.45. The van der Waals surface area contributed by atoms with Crippen molar-refractivity contribution in [1.82, 2.24) is 20.1 Å². The number of nitrogens with one attached hydrogen (secondary N) is 2. The number of amides is 1. The average Bonchev–Trinajstić information content (AvgIpc) is 3.36. The molecule has 0 saturated carbocycles. The van der Waals surface area contributed by atoms with Gasteiger partial charge in [-0.05, 0) is 29.8 Å². The summed E-state index contributed by atoms with van der Waals surface area (Å²) in [4.78, 5) is 28.5. The van der Waals surface area contributed by atoms with Crippen LogP contribution >= 0.6 is 11.6 Å². The topological polar surface area (TPSA) is 95.0 Å². The van der Waals surface area contributed by atoms with Gasteiger partial charge in [0.25, 0.3) is 11.8 Å². The standard InChI is InChI=1S/C21H15ClF2N4O3/c1-21(23,24)9-28-17(10-5-7-11(22)8-6-10)14-15(26-27-16(14)19(28)29)12-3-2-4-13-18(12)31-20(30)25-13/h2-8,17H,9H2,1H3,(H,25,30)(H,26,27). The number of carbonyl (C=O) groups excluding carboxylic acids is 1. The van der Waals surface area contributed by atoms with Gasteiger partial charge < -0.3 is 9.32 Å². The number of carbonyl (C=O) groups is 1. The van der Waals surface area contributed by atoms with Crippen LogP contribution in [0, 0.1) is 0 Å². The van der Waals surface area contributed by atoms with Gasteiger partial charge in [-0.15, -0.1) is 0 Å². The molecule has 2 aromatic heterocycles. The minimum atomic E-state index is -3.11. The van der Waals surface area contributed by atoms with Crippen LogP contribution in [0.2, 0.25) is 5.02 Å². The molecule has 31 heavy (non-hydrogen) atoms. The van der Waals surface area contributed by atoms with Crippen molar-refractivity contribution < 1.29 is 18.0 Å². The molecule has 1 atom stereocenters. The van der Waals surface area contributed by atoms with E-state index >= 15 is 0 Å². The van der Waals surface area contributed by atoms with Crippen LogP contribution in [-0.2, 0) is 0 Å². The molecule has 0 radical (unpaired) electrons. The summed E-state index contributed by atoms with van der Waals surface area (Å²) in [6.07, 6.45) is 0. The summed E-state index contributed by atoms with van der Waals surface area (Å²) in [5.74, 6) is -4.32.